The number of para-hydroxylation sites is 7. The van der Waals surface area contributed by atoms with Gasteiger partial charge in [0.15, 0.2) is 0 Å². The molecule has 13 aromatic rings. The van der Waals surface area contributed by atoms with E-state index in [-0.39, 0.29) is 6.71 Å². The van der Waals surface area contributed by atoms with E-state index in [1.54, 1.807) is 0 Å². The Balaban J connectivity index is 0.930. The number of nitrogens with zero attached hydrogens (tertiary/aromatic N) is 4. The Kier molecular flexibility index (Phi) is 7.77. The summed E-state index contributed by atoms with van der Waals surface area (Å²) < 4.78 is 20.6. The van der Waals surface area contributed by atoms with Crippen LogP contribution in [-0.2, 0) is 0 Å². The lowest BCUT2D eigenvalue weighted by molar-refractivity contribution is 0.465. The predicted octanol–water partition coefficient (Wildman–Crippen LogP) is 13.3. The zero-order valence-corrected chi connectivity index (χ0v) is 36.5. The molecule has 0 saturated carbocycles. The molecule has 0 atom stereocenters. The molecule has 10 aromatic carbocycles. The van der Waals surface area contributed by atoms with Crippen LogP contribution in [0.15, 0.2) is 224 Å². The Morgan fingerprint density at radius 3 is 1.44 bits per heavy atom. The maximum Gasteiger partial charge on any atom is 0.260 e. The molecule has 2 aliphatic heterocycles. The van der Waals surface area contributed by atoms with Gasteiger partial charge in [-0.3, -0.25) is 4.57 Å². The third-order valence-electron chi connectivity index (χ3n) is 14.2. The minimum atomic E-state index is -0.00593. The average Bonchev–Trinajstić information content (AvgIpc) is 4.06. The first kappa shape index (κ1) is 37.2. The molecule has 0 spiro atoms. The van der Waals surface area contributed by atoms with E-state index in [9.17, 15) is 0 Å². The van der Waals surface area contributed by atoms with Gasteiger partial charge in [-0.25, -0.2) is 4.98 Å². The van der Waals surface area contributed by atoms with E-state index < -0.39 is 0 Å². The monoisotopic (exact) mass is 868 g/mol. The standard InChI is InChI=1S/C61H37BN4O2/c1-3-15-41(16-4-1)64-51-23-11-7-19-44(51)45-33-38(27-30-52(45)64)39-28-31-53-46(34-39)47-37-43(29-32-54(47)65(53)42-17-5-2-6-18-42)66-55-24-12-10-22-50(55)63-61(66)40-35-58-60-59(36-40)68-57-26-14-9-21-49(57)62(60)48-20-8-13-25-56(48)67-58/h1-37H. The maximum atomic E-state index is 6.76. The van der Waals surface area contributed by atoms with Gasteiger partial charge in [-0.05, 0) is 131 Å². The van der Waals surface area contributed by atoms with Gasteiger partial charge in [0.25, 0.3) is 6.71 Å². The molecule has 0 saturated heterocycles. The molecule has 2 aliphatic rings. The van der Waals surface area contributed by atoms with Gasteiger partial charge in [0.1, 0.15) is 28.8 Å². The highest BCUT2D eigenvalue weighted by Crippen LogP contribution is 2.42. The first-order valence-corrected chi connectivity index (χ1v) is 23.1. The van der Waals surface area contributed by atoms with E-state index in [2.05, 4.69) is 226 Å². The predicted molar refractivity (Wildman–Crippen MR) is 278 cm³/mol. The van der Waals surface area contributed by atoms with Crippen molar-refractivity contribution in [1.29, 1.82) is 0 Å². The van der Waals surface area contributed by atoms with Crippen molar-refractivity contribution in [2.24, 2.45) is 0 Å². The number of hydrogen-bond donors (Lipinski definition) is 0. The van der Waals surface area contributed by atoms with E-state index in [4.69, 9.17) is 14.5 Å². The minimum absolute atomic E-state index is 0.00593. The van der Waals surface area contributed by atoms with Crippen LogP contribution in [0.25, 0.3) is 94.2 Å². The van der Waals surface area contributed by atoms with E-state index in [0.29, 0.717) is 0 Å². The Morgan fingerprint density at radius 1 is 0.324 bits per heavy atom. The molecular weight excluding hydrogens is 832 g/mol. The van der Waals surface area contributed by atoms with E-state index in [1.807, 2.05) is 12.1 Å². The van der Waals surface area contributed by atoms with Gasteiger partial charge < -0.3 is 18.6 Å². The van der Waals surface area contributed by atoms with Gasteiger partial charge in [0.2, 0.25) is 0 Å². The first-order valence-electron chi connectivity index (χ1n) is 23.1. The highest BCUT2D eigenvalue weighted by atomic mass is 16.5. The van der Waals surface area contributed by atoms with Gasteiger partial charge in [0, 0.05) is 49.6 Å². The fraction of sp³-hybridized carbons (Fsp3) is 0. The molecule has 0 amide bonds. The van der Waals surface area contributed by atoms with Gasteiger partial charge in [-0.2, -0.15) is 0 Å². The summed E-state index contributed by atoms with van der Waals surface area (Å²) in [6.45, 7) is -0.00593. The van der Waals surface area contributed by atoms with E-state index >= 15 is 0 Å². The molecule has 15 rings (SSSR count). The van der Waals surface area contributed by atoms with E-state index in [1.165, 1.54) is 32.8 Å². The molecule has 3 aromatic heterocycles. The summed E-state index contributed by atoms with van der Waals surface area (Å²) in [6.07, 6.45) is 0. The molecular formula is C61H37BN4O2. The lowest BCUT2D eigenvalue weighted by Crippen LogP contribution is -2.57. The van der Waals surface area contributed by atoms with Crippen molar-refractivity contribution in [3.05, 3.63) is 224 Å². The number of fused-ring (bicyclic) bond motifs is 11. The molecule has 0 bridgehead atoms. The van der Waals surface area contributed by atoms with Gasteiger partial charge in [-0.1, -0.05) is 115 Å². The minimum Gasteiger partial charge on any atom is -0.458 e. The third kappa shape index (κ3) is 5.38. The zero-order valence-electron chi connectivity index (χ0n) is 36.5. The third-order valence-corrected chi connectivity index (χ3v) is 14.2. The van der Waals surface area contributed by atoms with Crippen LogP contribution in [0.1, 0.15) is 0 Å². The highest BCUT2D eigenvalue weighted by Gasteiger charge is 2.40. The number of rotatable bonds is 5. The SMILES string of the molecule is c1ccc(-n2c3ccccc3c3cc(-c4ccc5c(c4)c4cc(-n6c(-c7cc8c9c(c7)Oc7ccccc7B9c7ccccc7O8)nc7ccccc76)ccc4n5-c4ccccc4)ccc32)cc1. The van der Waals surface area contributed by atoms with Crippen LogP contribution in [-0.4, -0.2) is 25.4 Å². The van der Waals surface area contributed by atoms with Crippen molar-refractivity contribution in [2.45, 2.75) is 0 Å². The van der Waals surface area contributed by atoms with Crippen LogP contribution in [0.5, 0.6) is 23.0 Å². The summed E-state index contributed by atoms with van der Waals surface area (Å²) >= 11 is 0. The molecule has 7 heteroatoms. The number of imidazole rings is 1. The fourth-order valence-electron chi connectivity index (χ4n) is 11.2. The molecule has 68 heavy (non-hydrogen) atoms. The van der Waals surface area contributed by atoms with Crippen LogP contribution in [0.4, 0.5) is 0 Å². The molecule has 316 valence electrons. The summed E-state index contributed by atoms with van der Waals surface area (Å²) in [5.41, 5.74) is 16.4. The zero-order chi connectivity index (χ0) is 44.5. The Hall–Kier alpha value is -9.07. The molecule has 6 nitrogen and oxygen atoms in total. The molecule has 0 fully saturated rings. The first-order chi connectivity index (χ1) is 33.7. The van der Waals surface area contributed by atoms with Gasteiger partial charge in [-0.15, -0.1) is 0 Å². The van der Waals surface area contributed by atoms with Crippen molar-refractivity contribution in [2.75, 3.05) is 0 Å². The van der Waals surface area contributed by atoms with Crippen LogP contribution in [0.3, 0.4) is 0 Å². The molecule has 0 radical (unpaired) electrons. The van der Waals surface area contributed by atoms with Gasteiger partial charge in [0.05, 0.1) is 33.1 Å². The molecule has 0 N–H and O–H groups in total. The Bertz CT molecular complexity index is 4150. The number of ether oxygens (including phenoxy) is 2. The van der Waals surface area contributed by atoms with Crippen LogP contribution in [0.2, 0.25) is 0 Å². The van der Waals surface area contributed by atoms with Crippen molar-refractivity contribution >= 4 is 77.7 Å². The Morgan fingerprint density at radius 2 is 0.809 bits per heavy atom. The number of benzene rings is 10. The van der Waals surface area contributed by atoms with Gasteiger partial charge >= 0.3 is 0 Å². The quantitative estimate of drug-likeness (QED) is 0.162. The summed E-state index contributed by atoms with van der Waals surface area (Å²) in [5.74, 6) is 4.09. The van der Waals surface area contributed by atoms with Crippen molar-refractivity contribution in [1.82, 2.24) is 18.7 Å². The largest absolute Gasteiger partial charge is 0.458 e. The fourth-order valence-corrected chi connectivity index (χ4v) is 11.2. The topological polar surface area (TPSA) is 46.1 Å². The van der Waals surface area contributed by atoms with Crippen LogP contribution < -0.4 is 25.9 Å². The normalized spacial score (nSPS) is 12.6. The smallest absolute Gasteiger partial charge is 0.260 e. The van der Waals surface area contributed by atoms with Crippen molar-refractivity contribution < 1.29 is 9.47 Å². The van der Waals surface area contributed by atoms with Crippen molar-refractivity contribution in [3.63, 3.8) is 0 Å². The summed E-state index contributed by atoms with van der Waals surface area (Å²) in [6, 6.07) is 80.1. The second-order valence-electron chi connectivity index (χ2n) is 17.9. The summed E-state index contributed by atoms with van der Waals surface area (Å²) in [5, 5.41) is 4.78. The van der Waals surface area contributed by atoms with Crippen LogP contribution >= 0.6 is 0 Å². The maximum absolute atomic E-state index is 6.76. The second-order valence-corrected chi connectivity index (χ2v) is 17.9. The van der Waals surface area contributed by atoms with Crippen LogP contribution in [0, 0.1) is 0 Å². The lowest BCUT2D eigenvalue weighted by atomic mass is 9.35. The molecule has 5 heterocycles. The van der Waals surface area contributed by atoms with Crippen molar-refractivity contribution in [3.8, 4) is 62.6 Å². The number of aromatic nitrogens is 4. The summed E-state index contributed by atoms with van der Waals surface area (Å²) in [4.78, 5) is 5.37. The lowest BCUT2D eigenvalue weighted by Gasteiger charge is -2.33. The Labute approximate surface area is 391 Å². The van der Waals surface area contributed by atoms with E-state index in [0.717, 1.165) is 101 Å². The number of hydrogen-bond acceptors (Lipinski definition) is 3. The summed E-state index contributed by atoms with van der Waals surface area (Å²) in [7, 11) is 0. The average molecular weight is 869 g/mol. The highest BCUT2D eigenvalue weighted by molar-refractivity contribution is 6.98. The second kappa shape index (κ2) is 14.2. The molecule has 0 unspecified atom stereocenters. The molecule has 0 aliphatic carbocycles.